The number of carbonyl (C=O) groups excluding carboxylic acids is 1. The Hall–Kier alpha value is -2.62. The minimum absolute atomic E-state index is 0.0636. The molecule has 0 unspecified atom stereocenters. The average molecular weight is 249 g/mol. The van der Waals surface area contributed by atoms with Gasteiger partial charge in [-0.3, -0.25) is 9.89 Å². The van der Waals surface area contributed by atoms with E-state index in [1.54, 1.807) is 0 Å². The molecule has 4 nitrogen and oxygen atoms in total. The lowest BCUT2D eigenvalue weighted by atomic mass is 9.99. The second kappa shape index (κ2) is 3.68. The van der Waals surface area contributed by atoms with Gasteiger partial charge in [0, 0.05) is 11.1 Å². The Kier molecular flexibility index (Phi) is 2.00. The Balaban J connectivity index is 1.91. The standard InChI is InChI=1S/C15H11N3O/c19-15-7-10-6-9(4-5-13(10)17-15)11-2-1-3-14-12(11)8-16-18-14/h1-6,8H,7H2,(H,16,18)(H,17,19). The lowest BCUT2D eigenvalue weighted by Gasteiger charge is -2.05. The van der Waals surface area contributed by atoms with Crippen LogP contribution in [0.1, 0.15) is 5.56 Å². The van der Waals surface area contributed by atoms with Crippen molar-refractivity contribution >= 4 is 22.5 Å². The zero-order valence-electron chi connectivity index (χ0n) is 10.1. The van der Waals surface area contributed by atoms with Crippen LogP contribution in [0.4, 0.5) is 5.69 Å². The Morgan fingerprint density at radius 3 is 3.05 bits per heavy atom. The van der Waals surface area contributed by atoms with Gasteiger partial charge in [0.25, 0.3) is 0 Å². The van der Waals surface area contributed by atoms with Crippen molar-refractivity contribution in [1.82, 2.24) is 10.2 Å². The summed E-state index contributed by atoms with van der Waals surface area (Å²) in [6.07, 6.45) is 2.30. The SMILES string of the molecule is O=C1Cc2cc(-c3cccc4[nH]ncc34)ccc2N1. The smallest absolute Gasteiger partial charge is 0.228 e. The summed E-state index contributed by atoms with van der Waals surface area (Å²) in [5.74, 6) is 0.0636. The summed E-state index contributed by atoms with van der Waals surface area (Å²) in [6.45, 7) is 0. The van der Waals surface area contributed by atoms with E-state index in [-0.39, 0.29) is 5.91 Å². The third kappa shape index (κ3) is 1.53. The molecule has 0 spiro atoms. The second-order valence-corrected chi connectivity index (χ2v) is 4.73. The van der Waals surface area contributed by atoms with Crippen molar-refractivity contribution in [2.45, 2.75) is 6.42 Å². The predicted molar refractivity (Wildman–Crippen MR) is 73.9 cm³/mol. The van der Waals surface area contributed by atoms with Gasteiger partial charge in [0.2, 0.25) is 5.91 Å². The molecule has 1 aromatic heterocycles. The number of nitrogens with zero attached hydrogens (tertiary/aromatic N) is 1. The van der Waals surface area contributed by atoms with Gasteiger partial charge in [0.05, 0.1) is 18.1 Å². The van der Waals surface area contributed by atoms with Crippen LogP contribution in [0.25, 0.3) is 22.0 Å². The van der Waals surface area contributed by atoms with Gasteiger partial charge in [0.15, 0.2) is 0 Å². The van der Waals surface area contributed by atoms with Crippen LogP contribution in [0.5, 0.6) is 0 Å². The second-order valence-electron chi connectivity index (χ2n) is 4.73. The van der Waals surface area contributed by atoms with Crippen molar-refractivity contribution in [2.24, 2.45) is 0 Å². The molecular formula is C15H11N3O. The Bertz CT molecular complexity index is 804. The van der Waals surface area contributed by atoms with Crippen molar-refractivity contribution in [3.8, 4) is 11.1 Å². The maximum absolute atomic E-state index is 11.4. The molecule has 19 heavy (non-hydrogen) atoms. The Morgan fingerprint density at radius 2 is 2.11 bits per heavy atom. The summed E-state index contributed by atoms with van der Waals surface area (Å²) in [5.41, 5.74) is 5.25. The highest BCUT2D eigenvalue weighted by Crippen LogP contribution is 2.32. The van der Waals surface area contributed by atoms with E-state index in [0.29, 0.717) is 6.42 Å². The number of hydrogen-bond acceptors (Lipinski definition) is 2. The molecule has 2 aromatic carbocycles. The lowest BCUT2D eigenvalue weighted by molar-refractivity contribution is -0.115. The first-order chi connectivity index (χ1) is 9.31. The Morgan fingerprint density at radius 1 is 1.16 bits per heavy atom. The molecule has 0 radical (unpaired) electrons. The van der Waals surface area contributed by atoms with Crippen LogP contribution >= 0.6 is 0 Å². The maximum Gasteiger partial charge on any atom is 0.228 e. The number of hydrogen-bond donors (Lipinski definition) is 2. The number of fused-ring (bicyclic) bond motifs is 2. The normalized spacial score (nSPS) is 13.6. The van der Waals surface area contributed by atoms with E-state index in [1.165, 1.54) is 0 Å². The fourth-order valence-electron chi connectivity index (χ4n) is 2.62. The number of rotatable bonds is 1. The monoisotopic (exact) mass is 249 g/mol. The molecule has 4 rings (SSSR count). The maximum atomic E-state index is 11.4. The first-order valence-corrected chi connectivity index (χ1v) is 6.16. The van der Waals surface area contributed by atoms with Gasteiger partial charge in [-0.1, -0.05) is 18.2 Å². The highest BCUT2D eigenvalue weighted by molar-refractivity contribution is 6.01. The van der Waals surface area contributed by atoms with Crippen molar-refractivity contribution in [3.63, 3.8) is 0 Å². The molecule has 0 fully saturated rings. The summed E-state index contributed by atoms with van der Waals surface area (Å²) >= 11 is 0. The number of carbonyl (C=O) groups is 1. The van der Waals surface area contributed by atoms with Crippen molar-refractivity contribution in [3.05, 3.63) is 48.2 Å². The van der Waals surface area contributed by atoms with Crippen molar-refractivity contribution in [1.29, 1.82) is 0 Å². The van der Waals surface area contributed by atoms with Crippen LogP contribution in [0.3, 0.4) is 0 Å². The number of aromatic amines is 1. The minimum atomic E-state index is 0.0636. The summed E-state index contributed by atoms with van der Waals surface area (Å²) < 4.78 is 0. The molecule has 1 aliphatic rings. The number of nitrogens with one attached hydrogen (secondary N) is 2. The quantitative estimate of drug-likeness (QED) is 0.696. The molecule has 0 saturated carbocycles. The van der Waals surface area contributed by atoms with Crippen LogP contribution in [-0.2, 0) is 11.2 Å². The largest absolute Gasteiger partial charge is 0.326 e. The molecule has 92 valence electrons. The predicted octanol–water partition coefficient (Wildman–Crippen LogP) is 2.72. The molecule has 2 heterocycles. The third-order valence-corrected chi connectivity index (χ3v) is 3.53. The summed E-state index contributed by atoms with van der Waals surface area (Å²) in [6, 6.07) is 12.2. The average Bonchev–Trinajstić information content (AvgIpc) is 3.01. The highest BCUT2D eigenvalue weighted by Gasteiger charge is 2.18. The fraction of sp³-hybridized carbons (Fsp3) is 0.0667. The zero-order valence-corrected chi connectivity index (χ0v) is 10.1. The number of amides is 1. The van der Waals surface area contributed by atoms with Crippen LogP contribution in [-0.4, -0.2) is 16.1 Å². The minimum Gasteiger partial charge on any atom is -0.326 e. The molecule has 0 saturated heterocycles. The van der Waals surface area contributed by atoms with Crippen molar-refractivity contribution in [2.75, 3.05) is 5.32 Å². The van der Waals surface area contributed by atoms with E-state index < -0.39 is 0 Å². The van der Waals surface area contributed by atoms with Gasteiger partial charge in [0.1, 0.15) is 0 Å². The molecule has 3 aromatic rings. The molecule has 0 aliphatic carbocycles. The number of anilines is 1. The number of benzene rings is 2. The van der Waals surface area contributed by atoms with E-state index in [1.807, 2.05) is 30.5 Å². The molecule has 4 heteroatoms. The van der Waals surface area contributed by atoms with Gasteiger partial charge < -0.3 is 5.32 Å². The lowest BCUT2D eigenvalue weighted by Crippen LogP contribution is -2.03. The van der Waals surface area contributed by atoms with Gasteiger partial charge in [-0.25, -0.2) is 0 Å². The molecular weight excluding hydrogens is 238 g/mol. The fourth-order valence-corrected chi connectivity index (χ4v) is 2.62. The topological polar surface area (TPSA) is 57.8 Å². The van der Waals surface area contributed by atoms with Crippen LogP contribution in [0, 0.1) is 0 Å². The summed E-state index contributed by atoms with van der Waals surface area (Å²) in [4.78, 5) is 11.4. The third-order valence-electron chi connectivity index (χ3n) is 3.53. The zero-order chi connectivity index (χ0) is 12.8. The van der Waals surface area contributed by atoms with Gasteiger partial charge in [-0.2, -0.15) is 5.10 Å². The summed E-state index contributed by atoms with van der Waals surface area (Å²) in [7, 11) is 0. The van der Waals surface area contributed by atoms with Crippen LogP contribution in [0.2, 0.25) is 0 Å². The van der Waals surface area contributed by atoms with E-state index in [9.17, 15) is 4.79 Å². The summed E-state index contributed by atoms with van der Waals surface area (Å²) in [5, 5.41) is 11.0. The molecule has 1 aliphatic heterocycles. The van der Waals surface area contributed by atoms with E-state index in [2.05, 4.69) is 27.6 Å². The van der Waals surface area contributed by atoms with Crippen LogP contribution < -0.4 is 5.32 Å². The van der Waals surface area contributed by atoms with Gasteiger partial charge in [-0.05, 0) is 34.9 Å². The number of aromatic nitrogens is 2. The van der Waals surface area contributed by atoms with Crippen molar-refractivity contribution < 1.29 is 4.79 Å². The Labute approximate surface area is 109 Å². The van der Waals surface area contributed by atoms with E-state index in [0.717, 1.165) is 33.3 Å². The van der Waals surface area contributed by atoms with Crippen LogP contribution in [0.15, 0.2) is 42.6 Å². The highest BCUT2D eigenvalue weighted by atomic mass is 16.1. The first kappa shape index (κ1) is 10.3. The van der Waals surface area contributed by atoms with E-state index >= 15 is 0 Å². The van der Waals surface area contributed by atoms with E-state index in [4.69, 9.17) is 0 Å². The first-order valence-electron chi connectivity index (χ1n) is 6.16. The molecule has 0 bridgehead atoms. The number of H-pyrrole nitrogens is 1. The van der Waals surface area contributed by atoms with Gasteiger partial charge >= 0.3 is 0 Å². The molecule has 0 atom stereocenters. The van der Waals surface area contributed by atoms with Gasteiger partial charge in [-0.15, -0.1) is 0 Å². The molecule has 2 N–H and O–H groups in total. The molecule has 1 amide bonds.